The van der Waals surface area contributed by atoms with Gasteiger partial charge in [-0.2, -0.15) is 0 Å². The average molecular weight is 530 g/mol. The Morgan fingerprint density at radius 2 is 1.33 bits per heavy atom. The minimum absolute atomic E-state index is 0.00154. The highest BCUT2D eigenvalue weighted by atomic mass is 33.3. The Labute approximate surface area is 217 Å². The summed E-state index contributed by atoms with van der Waals surface area (Å²) in [5, 5.41) is 0. The molecule has 1 atom stereocenters. The predicted octanol–water partition coefficient (Wildman–Crippen LogP) is 4.57. The summed E-state index contributed by atoms with van der Waals surface area (Å²) in [6.45, 7) is 2.87. The molecule has 1 saturated heterocycles. The second-order valence-electron chi connectivity index (χ2n) is 9.17. The van der Waals surface area contributed by atoms with Crippen LogP contribution in [0.1, 0.15) is 92.5 Å². The van der Waals surface area contributed by atoms with Crippen LogP contribution >= 0.6 is 0 Å². The van der Waals surface area contributed by atoms with Crippen LogP contribution in [-0.2, 0) is 78.0 Å². The summed E-state index contributed by atoms with van der Waals surface area (Å²) < 4.78 is 88.0. The summed E-state index contributed by atoms with van der Waals surface area (Å²) in [7, 11) is 4.78. The zero-order chi connectivity index (χ0) is 30.7. The first-order chi connectivity index (χ1) is 17.3. The Bertz CT molecular complexity index is 1230. The molecule has 0 saturated carbocycles. The van der Waals surface area contributed by atoms with E-state index in [0.29, 0.717) is 11.0 Å². The predicted molar refractivity (Wildman–Crippen MR) is 146 cm³/mol. The molecule has 0 radical (unpaired) electrons. The second-order valence-corrected chi connectivity index (χ2v) is 16.2. The molecule has 1 heterocycles. The molecule has 0 aromatic heterocycles. The van der Waals surface area contributed by atoms with Crippen LogP contribution in [0.3, 0.4) is 0 Å². The lowest BCUT2D eigenvalue weighted by Crippen LogP contribution is -2.42. The van der Waals surface area contributed by atoms with Gasteiger partial charge in [0.15, 0.2) is 0 Å². The number of hydrogen-bond donors (Lipinski definition) is 0. The van der Waals surface area contributed by atoms with Gasteiger partial charge in [-0.1, -0.05) is 59.5 Å². The summed E-state index contributed by atoms with van der Waals surface area (Å²) in [6, 6.07) is 4.83. The number of rotatable bonds is 1. The molecule has 1 aliphatic carbocycles. The van der Waals surface area contributed by atoms with Gasteiger partial charge < -0.3 is 9.31 Å². The first-order valence-electron chi connectivity index (χ1n) is 13.7. The van der Waals surface area contributed by atoms with Gasteiger partial charge in [0.05, 0.1) is 11.2 Å². The lowest BCUT2D eigenvalue weighted by molar-refractivity contribution is 0.00578. The molecule has 0 bridgehead atoms. The van der Waals surface area contributed by atoms with Crippen LogP contribution in [0.25, 0.3) is 0 Å². The molecule has 0 spiro atoms. The fourth-order valence-electron chi connectivity index (χ4n) is 3.57. The third-order valence-electron chi connectivity index (χ3n) is 6.73. The molecule has 3 rings (SSSR count). The van der Waals surface area contributed by atoms with Gasteiger partial charge in [-0.3, -0.25) is 0 Å². The van der Waals surface area contributed by atoms with Crippen molar-refractivity contribution in [1.82, 2.24) is 0 Å². The van der Waals surface area contributed by atoms with Crippen LogP contribution in [0.2, 0.25) is 0 Å². The van der Waals surface area contributed by atoms with E-state index in [9.17, 15) is 0 Å². The van der Waals surface area contributed by atoms with E-state index in [1.54, 1.807) is 26.0 Å². The minimum atomic E-state index is -3.14. The topological polar surface area (TPSA) is 18.5 Å². The summed E-state index contributed by atoms with van der Waals surface area (Å²) in [5.41, 5.74) is -6.52. The van der Waals surface area contributed by atoms with Crippen molar-refractivity contribution in [3.63, 3.8) is 0 Å². The van der Waals surface area contributed by atoms with Crippen molar-refractivity contribution in [2.24, 2.45) is 5.41 Å². The first-order valence-corrected chi connectivity index (χ1v) is 15.9. The first kappa shape index (κ1) is 16.2. The monoisotopic (exact) mass is 529 g/mol. The maximum Gasteiger partial charge on any atom is 0.494 e. The van der Waals surface area contributed by atoms with Crippen molar-refractivity contribution < 1.29 is 21.6 Å². The Hall–Kier alpha value is 0.525. The third kappa shape index (κ3) is 4.47. The molecular weight excluding hydrogens is 487 g/mol. The molecule has 1 aromatic rings. The molecule has 1 aliphatic heterocycles. The third-order valence-corrected chi connectivity index (χ3v) is 13.4. The van der Waals surface area contributed by atoms with Gasteiger partial charge in [0.2, 0.25) is 0 Å². The highest BCUT2D eigenvalue weighted by Gasteiger charge is 2.57. The number of hydrogen-bond acceptors (Lipinski definition) is 4. The number of benzene rings is 1. The van der Waals surface area contributed by atoms with Gasteiger partial charge in [0.25, 0.3) is 0 Å². The molecule has 168 valence electrons. The summed E-state index contributed by atoms with van der Waals surface area (Å²) in [5.74, 6) is 0. The van der Waals surface area contributed by atoms with E-state index in [4.69, 9.17) is 21.6 Å². The Kier molecular flexibility index (Phi) is 4.89. The largest absolute Gasteiger partial charge is 0.494 e. The van der Waals surface area contributed by atoms with E-state index >= 15 is 0 Å². The van der Waals surface area contributed by atoms with Gasteiger partial charge >= 0.3 is 7.12 Å². The highest BCUT2D eigenvalue weighted by molar-refractivity contribution is 8.64. The van der Waals surface area contributed by atoms with E-state index < -0.39 is 55.1 Å². The van der Waals surface area contributed by atoms with Crippen molar-refractivity contribution in [1.29, 1.82) is 0 Å². The van der Waals surface area contributed by atoms with Crippen LogP contribution < -0.4 is 5.46 Å². The van der Waals surface area contributed by atoms with Crippen LogP contribution in [0.15, 0.2) is 18.2 Å². The molecule has 1 unspecified atom stereocenters. The Morgan fingerprint density at radius 1 is 0.800 bits per heavy atom. The lowest BCUT2D eigenvalue weighted by atomic mass is 9.59. The maximum absolute atomic E-state index is 8.44. The van der Waals surface area contributed by atoms with Crippen LogP contribution in [0, 0.1) is 5.41 Å². The molecule has 0 amide bonds. The molecular formula is C21H33BO2S6. The summed E-state index contributed by atoms with van der Waals surface area (Å²) >= 11 is 9.03. The molecule has 2 nitrogen and oxygen atoms in total. The molecule has 9 heteroatoms. The van der Waals surface area contributed by atoms with Crippen molar-refractivity contribution in [3.05, 3.63) is 29.3 Å². The average Bonchev–Trinajstić information content (AvgIpc) is 3.07. The van der Waals surface area contributed by atoms with Gasteiger partial charge in [0, 0.05) is 70.2 Å². The van der Waals surface area contributed by atoms with Crippen molar-refractivity contribution in [3.8, 4) is 0 Å². The van der Waals surface area contributed by atoms with Crippen molar-refractivity contribution in [2.75, 3.05) is 0 Å². The van der Waals surface area contributed by atoms with Crippen LogP contribution in [0.5, 0.6) is 0 Å². The minimum Gasteiger partial charge on any atom is -0.399 e. The maximum atomic E-state index is 8.44. The summed E-state index contributed by atoms with van der Waals surface area (Å²) in [4.78, 5) is 0. The standard InChI is InChI=1S/C21H33BO2.S6/c1-17(2)15-12-11-14(13-16(15)18(3,4)19(17,5)6)22-23-20(7,8)21(9,10)24-22;1-3-5-6-4-2/h11-13H,1-10H3;/i3D3,4D3,5D3;. The number of fused-ring (bicyclic) bond motifs is 1. The van der Waals surface area contributed by atoms with Crippen molar-refractivity contribution in [2.45, 2.75) is 91.1 Å². The Balaban J connectivity index is 0.000000798. The van der Waals surface area contributed by atoms with Gasteiger partial charge in [-0.05, 0) is 60.5 Å². The normalized spacial score (nSPS) is 32.5. The fourth-order valence-corrected chi connectivity index (χ4v) is 9.06. The molecule has 2 aliphatic rings. The summed E-state index contributed by atoms with van der Waals surface area (Å²) in [6.07, 6.45) is 0. The SMILES string of the molecule is S=S=S=S=S=S.[2H]C([2H])([2H])C1(C)C(C)(C)c2ccc(B3OC(C)(C)C(C)(C)O3)cc2C1(C([2H])([2H])[2H])C([2H])([2H])[2H]. The van der Waals surface area contributed by atoms with Crippen LogP contribution in [0.4, 0.5) is 0 Å². The zero-order valence-electron chi connectivity index (χ0n) is 27.1. The second kappa shape index (κ2) is 9.05. The lowest BCUT2D eigenvalue weighted by Gasteiger charge is -2.44. The van der Waals surface area contributed by atoms with E-state index in [0.717, 1.165) is 0 Å². The van der Waals surface area contributed by atoms with E-state index in [1.165, 1.54) is 48.5 Å². The van der Waals surface area contributed by atoms with Crippen LogP contribution in [-0.4, -0.2) is 18.3 Å². The zero-order valence-corrected chi connectivity index (χ0v) is 23.0. The van der Waals surface area contributed by atoms with Gasteiger partial charge in [0.1, 0.15) is 0 Å². The fraction of sp³-hybridized carbons (Fsp3) is 0.714. The van der Waals surface area contributed by atoms with Gasteiger partial charge in [-0.15, -0.1) is 0 Å². The quantitative estimate of drug-likeness (QED) is 0.496. The smallest absolute Gasteiger partial charge is 0.399 e. The van der Waals surface area contributed by atoms with E-state index in [1.807, 2.05) is 27.7 Å². The highest BCUT2D eigenvalue weighted by Crippen LogP contribution is 2.61. The molecule has 30 heavy (non-hydrogen) atoms. The van der Waals surface area contributed by atoms with E-state index in [-0.39, 0.29) is 5.56 Å². The Morgan fingerprint density at radius 3 is 1.77 bits per heavy atom. The molecule has 0 N–H and O–H groups in total. The molecule has 1 aromatic carbocycles. The van der Waals surface area contributed by atoms with Crippen molar-refractivity contribution >= 4 is 70.5 Å². The van der Waals surface area contributed by atoms with E-state index in [2.05, 4.69) is 22.4 Å². The van der Waals surface area contributed by atoms with Gasteiger partial charge in [-0.25, -0.2) is 0 Å². The molecule has 1 fully saturated rings.